The summed E-state index contributed by atoms with van der Waals surface area (Å²) in [4.78, 5) is 8.19. The molecule has 2 heteroatoms. The van der Waals surface area contributed by atoms with Gasteiger partial charge in [0.2, 0.25) is 0 Å². The van der Waals surface area contributed by atoms with Crippen molar-refractivity contribution in [2.45, 2.75) is 6.92 Å². The molecule has 0 radical (unpaired) electrons. The van der Waals surface area contributed by atoms with Crippen molar-refractivity contribution in [3.05, 3.63) is 42.4 Å². The maximum Gasteiger partial charge on any atom is 0.116 e. The molecule has 0 atom stereocenters. The second kappa shape index (κ2) is 3.35. The molecule has 0 aliphatic carbocycles. The molecule has 0 bridgehead atoms. The van der Waals surface area contributed by atoms with E-state index in [0.717, 1.165) is 10.9 Å². The first-order valence-corrected chi connectivity index (χ1v) is 4.23. The van der Waals surface area contributed by atoms with Crippen LogP contribution in [0.1, 0.15) is 12.5 Å². The highest BCUT2D eigenvalue weighted by molar-refractivity contribution is 5.86. The molecule has 2 rings (SSSR count). The summed E-state index contributed by atoms with van der Waals surface area (Å²) in [5.41, 5.74) is 2.16. The smallest absolute Gasteiger partial charge is 0.116 e. The summed E-state index contributed by atoms with van der Waals surface area (Å²) < 4.78 is 0. The van der Waals surface area contributed by atoms with Gasteiger partial charge in [-0.1, -0.05) is 24.3 Å². The average molecular weight is 170 g/mol. The van der Waals surface area contributed by atoms with Crippen LogP contribution in [0, 0.1) is 0 Å². The Morgan fingerprint density at radius 2 is 2.23 bits per heavy atom. The van der Waals surface area contributed by atoms with Crippen molar-refractivity contribution in [2.24, 2.45) is 0 Å². The van der Waals surface area contributed by atoms with Crippen molar-refractivity contribution in [3.63, 3.8) is 0 Å². The molecule has 1 aromatic heterocycles. The van der Waals surface area contributed by atoms with Gasteiger partial charge < -0.3 is 0 Å². The van der Waals surface area contributed by atoms with Crippen LogP contribution in [0.4, 0.5) is 0 Å². The van der Waals surface area contributed by atoms with E-state index in [1.807, 2.05) is 31.3 Å². The Hall–Kier alpha value is -1.70. The third-order valence-electron chi connectivity index (χ3n) is 1.93. The number of aromatic nitrogens is 2. The van der Waals surface area contributed by atoms with Gasteiger partial charge in [-0.05, 0) is 18.6 Å². The maximum atomic E-state index is 4.18. The molecule has 0 N–H and O–H groups in total. The Labute approximate surface area is 77.0 Å². The summed E-state index contributed by atoms with van der Waals surface area (Å²) in [7, 11) is 0. The first-order valence-electron chi connectivity index (χ1n) is 4.23. The summed E-state index contributed by atoms with van der Waals surface area (Å²) in [6, 6.07) is 6.06. The lowest BCUT2D eigenvalue weighted by molar-refractivity contribution is 1.22. The van der Waals surface area contributed by atoms with Gasteiger partial charge in [-0.3, -0.25) is 0 Å². The molecule has 0 amide bonds. The predicted molar refractivity (Wildman–Crippen MR) is 54.2 cm³/mol. The van der Waals surface area contributed by atoms with Crippen molar-refractivity contribution in [1.29, 1.82) is 0 Å². The number of nitrogens with zero attached hydrogens (tertiary/aromatic N) is 2. The summed E-state index contributed by atoms with van der Waals surface area (Å²) in [6.45, 7) is 2.00. The molecular weight excluding hydrogens is 160 g/mol. The Balaban J connectivity index is 2.75. The number of benzene rings is 1. The largest absolute Gasteiger partial charge is 0.244 e. The zero-order chi connectivity index (χ0) is 9.10. The van der Waals surface area contributed by atoms with E-state index in [0.29, 0.717) is 0 Å². The van der Waals surface area contributed by atoms with Crippen LogP contribution in [0.15, 0.2) is 36.8 Å². The third kappa shape index (κ3) is 1.43. The number of fused-ring (bicyclic) bond motifs is 1. The topological polar surface area (TPSA) is 25.8 Å². The minimum absolute atomic E-state index is 0.991. The molecular formula is C11H10N2. The Morgan fingerprint density at radius 3 is 3.08 bits per heavy atom. The van der Waals surface area contributed by atoms with Gasteiger partial charge in [-0.15, -0.1) is 0 Å². The number of hydrogen-bond donors (Lipinski definition) is 0. The van der Waals surface area contributed by atoms with E-state index in [1.165, 1.54) is 5.56 Å². The summed E-state index contributed by atoms with van der Waals surface area (Å²) in [5.74, 6) is 0. The molecule has 0 saturated heterocycles. The summed E-state index contributed by atoms with van der Waals surface area (Å²) in [5, 5.41) is 1.10. The highest BCUT2D eigenvalue weighted by atomic mass is 14.8. The Morgan fingerprint density at radius 1 is 1.31 bits per heavy atom. The highest BCUT2D eigenvalue weighted by Crippen LogP contribution is 2.16. The van der Waals surface area contributed by atoms with E-state index in [-0.39, 0.29) is 0 Å². The molecule has 2 aromatic rings. The molecule has 1 aromatic carbocycles. The maximum absolute atomic E-state index is 4.18. The van der Waals surface area contributed by atoms with Gasteiger partial charge in [0.05, 0.1) is 5.52 Å². The molecule has 1 heterocycles. The lowest BCUT2D eigenvalue weighted by Crippen LogP contribution is -1.83. The van der Waals surface area contributed by atoms with Crippen molar-refractivity contribution < 1.29 is 0 Å². The lowest BCUT2D eigenvalue weighted by Gasteiger charge is -1.98. The molecule has 13 heavy (non-hydrogen) atoms. The van der Waals surface area contributed by atoms with Crippen LogP contribution in [0.25, 0.3) is 17.0 Å². The van der Waals surface area contributed by atoms with Crippen LogP contribution in [-0.4, -0.2) is 9.97 Å². The van der Waals surface area contributed by atoms with Crippen LogP contribution in [0.2, 0.25) is 0 Å². The fraction of sp³-hybridized carbons (Fsp3) is 0.0909. The minimum atomic E-state index is 0.991. The van der Waals surface area contributed by atoms with Gasteiger partial charge in [0.15, 0.2) is 0 Å². The van der Waals surface area contributed by atoms with Crippen molar-refractivity contribution in [3.8, 4) is 0 Å². The SMILES string of the molecule is C/C=C/c1cccc2ncncc12. The Bertz CT molecular complexity index is 441. The van der Waals surface area contributed by atoms with E-state index in [2.05, 4.69) is 22.1 Å². The van der Waals surface area contributed by atoms with Gasteiger partial charge in [-0.25, -0.2) is 9.97 Å². The van der Waals surface area contributed by atoms with Gasteiger partial charge in [0, 0.05) is 11.6 Å². The van der Waals surface area contributed by atoms with E-state index >= 15 is 0 Å². The van der Waals surface area contributed by atoms with E-state index < -0.39 is 0 Å². The second-order valence-corrected chi connectivity index (χ2v) is 2.80. The van der Waals surface area contributed by atoms with Crippen LogP contribution in [0.5, 0.6) is 0 Å². The summed E-state index contributed by atoms with van der Waals surface area (Å²) >= 11 is 0. The Kier molecular flexibility index (Phi) is 2.04. The van der Waals surface area contributed by atoms with E-state index in [1.54, 1.807) is 6.33 Å². The molecule has 0 saturated carbocycles. The van der Waals surface area contributed by atoms with Gasteiger partial charge in [0.1, 0.15) is 6.33 Å². The predicted octanol–water partition coefficient (Wildman–Crippen LogP) is 2.66. The van der Waals surface area contributed by atoms with Crippen LogP contribution >= 0.6 is 0 Å². The van der Waals surface area contributed by atoms with Gasteiger partial charge in [-0.2, -0.15) is 0 Å². The molecule has 0 aliphatic rings. The van der Waals surface area contributed by atoms with Crippen molar-refractivity contribution >= 4 is 17.0 Å². The first-order chi connectivity index (χ1) is 6.42. The molecule has 0 aliphatic heterocycles. The minimum Gasteiger partial charge on any atom is -0.244 e. The average Bonchev–Trinajstić information content (AvgIpc) is 2.19. The van der Waals surface area contributed by atoms with Crippen LogP contribution in [0.3, 0.4) is 0 Å². The quantitative estimate of drug-likeness (QED) is 0.657. The fourth-order valence-electron chi connectivity index (χ4n) is 1.35. The summed E-state index contributed by atoms with van der Waals surface area (Å²) in [6.07, 6.45) is 7.49. The van der Waals surface area contributed by atoms with Crippen LogP contribution in [-0.2, 0) is 0 Å². The van der Waals surface area contributed by atoms with Crippen molar-refractivity contribution in [2.75, 3.05) is 0 Å². The molecule has 2 nitrogen and oxygen atoms in total. The monoisotopic (exact) mass is 170 g/mol. The first kappa shape index (κ1) is 7.92. The van der Waals surface area contributed by atoms with Crippen molar-refractivity contribution in [1.82, 2.24) is 9.97 Å². The molecule has 64 valence electrons. The highest BCUT2D eigenvalue weighted by Gasteiger charge is 1.96. The number of hydrogen-bond acceptors (Lipinski definition) is 2. The fourth-order valence-corrected chi connectivity index (χ4v) is 1.35. The van der Waals surface area contributed by atoms with Gasteiger partial charge in [0.25, 0.3) is 0 Å². The zero-order valence-corrected chi connectivity index (χ0v) is 7.44. The van der Waals surface area contributed by atoms with E-state index in [4.69, 9.17) is 0 Å². The lowest BCUT2D eigenvalue weighted by atomic mass is 10.1. The molecule has 0 fully saturated rings. The zero-order valence-electron chi connectivity index (χ0n) is 7.44. The number of allylic oxidation sites excluding steroid dienone is 1. The standard InChI is InChI=1S/C11H10N2/c1-2-4-9-5-3-6-11-10(9)7-12-8-13-11/h2-8H,1H3/b4-2+. The van der Waals surface area contributed by atoms with Crippen LogP contribution < -0.4 is 0 Å². The molecule has 0 spiro atoms. The second-order valence-electron chi connectivity index (χ2n) is 2.80. The normalized spacial score (nSPS) is 11.2. The third-order valence-corrected chi connectivity index (χ3v) is 1.93. The van der Waals surface area contributed by atoms with E-state index in [9.17, 15) is 0 Å². The van der Waals surface area contributed by atoms with Gasteiger partial charge >= 0.3 is 0 Å². The molecule has 0 unspecified atom stereocenters. The number of rotatable bonds is 1.